The number of carbonyl (C=O) groups is 2. The monoisotopic (exact) mass is 286 g/mol. The molecule has 1 atom stereocenters. The van der Waals surface area contributed by atoms with E-state index in [2.05, 4.69) is 0 Å². The summed E-state index contributed by atoms with van der Waals surface area (Å²) in [6, 6.07) is 8.37. The van der Waals surface area contributed by atoms with Gasteiger partial charge in [-0.25, -0.2) is 0 Å². The molecule has 1 aliphatic rings. The van der Waals surface area contributed by atoms with Crippen LogP contribution in [0.5, 0.6) is 5.75 Å². The van der Waals surface area contributed by atoms with Gasteiger partial charge in [-0.3, -0.25) is 9.59 Å². The molecule has 1 fully saturated rings. The highest BCUT2D eigenvalue weighted by atomic mass is 16.5. The molecule has 0 N–H and O–H groups in total. The minimum absolute atomic E-state index is 0.359. The van der Waals surface area contributed by atoms with Gasteiger partial charge in [-0.05, 0) is 44.0 Å². The van der Waals surface area contributed by atoms with Crippen molar-refractivity contribution in [1.29, 1.82) is 5.26 Å². The van der Waals surface area contributed by atoms with Crippen LogP contribution in [-0.4, -0.2) is 36.3 Å². The number of Topliss-reactive ketones (excluding diaryl/α,β-unsaturated/α-hetero) is 1. The molecule has 1 amide bonds. The summed E-state index contributed by atoms with van der Waals surface area (Å²) in [5.41, 5.74) is 0.359. The van der Waals surface area contributed by atoms with Crippen molar-refractivity contribution in [3.05, 3.63) is 29.8 Å². The molecule has 0 saturated carbocycles. The van der Waals surface area contributed by atoms with E-state index in [1.807, 2.05) is 13.0 Å². The number of hydrogen-bond acceptors (Lipinski definition) is 4. The smallest absolute Gasteiger partial charge is 0.247 e. The molecule has 1 aromatic carbocycles. The number of rotatable bonds is 5. The first kappa shape index (κ1) is 15.0. The van der Waals surface area contributed by atoms with Crippen LogP contribution in [0.2, 0.25) is 0 Å². The molecule has 0 unspecified atom stereocenters. The molecule has 1 aliphatic heterocycles. The lowest BCUT2D eigenvalue weighted by atomic mass is 9.97. The van der Waals surface area contributed by atoms with Crippen LogP contribution in [0.3, 0.4) is 0 Å². The molecule has 0 aromatic heterocycles. The van der Waals surface area contributed by atoms with Gasteiger partial charge in [-0.15, -0.1) is 0 Å². The van der Waals surface area contributed by atoms with E-state index >= 15 is 0 Å². The summed E-state index contributed by atoms with van der Waals surface area (Å²) >= 11 is 0. The predicted molar refractivity (Wildman–Crippen MR) is 76.9 cm³/mol. The fourth-order valence-corrected chi connectivity index (χ4v) is 2.39. The van der Waals surface area contributed by atoms with Gasteiger partial charge < -0.3 is 9.64 Å². The van der Waals surface area contributed by atoms with Crippen molar-refractivity contribution in [2.75, 3.05) is 19.7 Å². The summed E-state index contributed by atoms with van der Waals surface area (Å²) in [5, 5.41) is 9.18. The SMILES string of the molecule is CCOc1ccc(C(=O)[C@@H](C#N)C(=O)N2CCCC2)cc1. The van der Waals surface area contributed by atoms with Gasteiger partial charge in [-0.2, -0.15) is 5.26 Å². The van der Waals surface area contributed by atoms with Gasteiger partial charge in [0.15, 0.2) is 11.7 Å². The van der Waals surface area contributed by atoms with E-state index in [4.69, 9.17) is 4.74 Å². The van der Waals surface area contributed by atoms with Crippen molar-refractivity contribution in [3.63, 3.8) is 0 Å². The first-order valence-electron chi connectivity index (χ1n) is 7.13. The van der Waals surface area contributed by atoms with Crippen molar-refractivity contribution in [3.8, 4) is 11.8 Å². The van der Waals surface area contributed by atoms with E-state index in [0.29, 0.717) is 31.0 Å². The highest BCUT2D eigenvalue weighted by molar-refractivity contribution is 6.12. The third-order valence-electron chi connectivity index (χ3n) is 3.51. The number of hydrogen-bond donors (Lipinski definition) is 0. The van der Waals surface area contributed by atoms with E-state index in [0.717, 1.165) is 12.8 Å². The molecule has 1 heterocycles. The van der Waals surface area contributed by atoms with Gasteiger partial charge in [0.2, 0.25) is 5.91 Å². The van der Waals surface area contributed by atoms with Crippen molar-refractivity contribution < 1.29 is 14.3 Å². The normalized spacial score (nSPS) is 15.3. The molecule has 110 valence electrons. The summed E-state index contributed by atoms with van der Waals surface area (Å²) in [6.07, 6.45) is 1.86. The molecule has 0 bridgehead atoms. The van der Waals surface area contributed by atoms with Gasteiger partial charge in [0.1, 0.15) is 5.75 Å². The highest BCUT2D eigenvalue weighted by Gasteiger charge is 2.32. The van der Waals surface area contributed by atoms with Crippen LogP contribution in [0, 0.1) is 17.2 Å². The highest BCUT2D eigenvalue weighted by Crippen LogP contribution is 2.18. The van der Waals surface area contributed by atoms with Crippen LogP contribution in [0.4, 0.5) is 0 Å². The summed E-state index contributed by atoms with van der Waals surface area (Å²) in [4.78, 5) is 26.1. The number of ketones is 1. The number of amides is 1. The lowest BCUT2D eigenvalue weighted by molar-refractivity contribution is -0.131. The minimum atomic E-state index is -1.25. The average Bonchev–Trinajstić information content (AvgIpc) is 3.03. The topological polar surface area (TPSA) is 70.4 Å². The molecule has 0 radical (unpaired) electrons. The Hall–Kier alpha value is -2.35. The summed E-state index contributed by atoms with van der Waals surface area (Å²) in [7, 11) is 0. The predicted octanol–water partition coefficient (Wildman–Crippen LogP) is 2.03. The molecule has 2 rings (SSSR count). The fraction of sp³-hybridized carbons (Fsp3) is 0.438. The van der Waals surface area contributed by atoms with Crippen LogP contribution in [0.25, 0.3) is 0 Å². The van der Waals surface area contributed by atoms with E-state index in [9.17, 15) is 14.9 Å². The number of nitrogens with zero attached hydrogens (tertiary/aromatic N) is 2. The second kappa shape index (κ2) is 6.89. The molecule has 0 aliphatic carbocycles. The Kier molecular flexibility index (Phi) is 4.94. The van der Waals surface area contributed by atoms with Crippen molar-refractivity contribution in [2.45, 2.75) is 19.8 Å². The van der Waals surface area contributed by atoms with Gasteiger partial charge in [0.05, 0.1) is 12.7 Å². The number of benzene rings is 1. The van der Waals surface area contributed by atoms with Crippen molar-refractivity contribution in [1.82, 2.24) is 4.90 Å². The maximum Gasteiger partial charge on any atom is 0.247 e. The molecule has 0 spiro atoms. The van der Waals surface area contributed by atoms with Crippen molar-refractivity contribution >= 4 is 11.7 Å². The zero-order chi connectivity index (χ0) is 15.2. The first-order valence-corrected chi connectivity index (χ1v) is 7.13. The first-order chi connectivity index (χ1) is 10.2. The summed E-state index contributed by atoms with van der Waals surface area (Å²) < 4.78 is 5.30. The van der Waals surface area contributed by atoms with Gasteiger partial charge >= 0.3 is 0 Å². The van der Waals surface area contributed by atoms with E-state index in [1.165, 1.54) is 0 Å². The number of carbonyl (C=O) groups excluding carboxylic acids is 2. The van der Waals surface area contributed by atoms with Crippen LogP contribution in [0.15, 0.2) is 24.3 Å². The average molecular weight is 286 g/mol. The Morgan fingerprint density at radius 2 is 1.90 bits per heavy atom. The number of nitriles is 1. The van der Waals surface area contributed by atoms with E-state index in [1.54, 1.807) is 29.2 Å². The Bertz CT molecular complexity index is 554. The zero-order valence-corrected chi connectivity index (χ0v) is 12.0. The lowest BCUT2D eigenvalue weighted by Crippen LogP contribution is -2.37. The summed E-state index contributed by atoms with van der Waals surface area (Å²) in [6.45, 7) is 3.68. The number of ether oxygens (including phenoxy) is 1. The largest absolute Gasteiger partial charge is 0.494 e. The molecular formula is C16H18N2O3. The molecule has 21 heavy (non-hydrogen) atoms. The van der Waals surface area contributed by atoms with Gasteiger partial charge in [0, 0.05) is 18.7 Å². The van der Waals surface area contributed by atoms with Crippen LogP contribution >= 0.6 is 0 Å². The molecule has 5 nitrogen and oxygen atoms in total. The quantitative estimate of drug-likeness (QED) is 0.613. The standard InChI is InChI=1S/C16H18N2O3/c1-2-21-13-7-5-12(6-8-13)15(19)14(11-17)16(20)18-9-3-4-10-18/h5-8,14H,2-4,9-10H2,1H3/t14-/m1/s1. The van der Waals surface area contributed by atoms with Gasteiger partial charge in [0.25, 0.3) is 0 Å². The lowest BCUT2D eigenvalue weighted by Gasteiger charge is -2.18. The van der Waals surface area contributed by atoms with Crippen LogP contribution in [-0.2, 0) is 4.79 Å². The second-order valence-electron chi connectivity index (χ2n) is 4.92. The van der Waals surface area contributed by atoms with Gasteiger partial charge in [-0.1, -0.05) is 0 Å². The maximum atomic E-state index is 12.3. The Morgan fingerprint density at radius 1 is 1.29 bits per heavy atom. The molecular weight excluding hydrogens is 268 g/mol. The van der Waals surface area contributed by atoms with Crippen LogP contribution < -0.4 is 4.74 Å². The molecule has 1 aromatic rings. The van der Waals surface area contributed by atoms with E-state index < -0.39 is 11.7 Å². The fourth-order valence-electron chi connectivity index (χ4n) is 2.39. The molecule has 1 saturated heterocycles. The summed E-state index contributed by atoms with van der Waals surface area (Å²) in [5.74, 6) is -1.42. The third kappa shape index (κ3) is 3.40. The molecule has 5 heteroatoms. The maximum absolute atomic E-state index is 12.3. The second-order valence-corrected chi connectivity index (χ2v) is 4.92. The minimum Gasteiger partial charge on any atom is -0.494 e. The Labute approximate surface area is 124 Å². The van der Waals surface area contributed by atoms with Crippen LogP contribution in [0.1, 0.15) is 30.1 Å². The Balaban J connectivity index is 2.12. The number of likely N-dealkylation sites (tertiary alicyclic amines) is 1. The van der Waals surface area contributed by atoms with E-state index in [-0.39, 0.29) is 5.91 Å². The van der Waals surface area contributed by atoms with Crippen molar-refractivity contribution in [2.24, 2.45) is 5.92 Å². The Morgan fingerprint density at radius 3 is 2.43 bits per heavy atom. The zero-order valence-electron chi connectivity index (χ0n) is 12.0. The third-order valence-corrected chi connectivity index (χ3v) is 3.51.